The van der Waals surface area contributed by atoms with E-state index < -0.39 is 5.76 Å². The fraction of sp³-hybridized carbons (Fsp3) is 0.167. The molecule has 0 bridgehead atoms. The number of carbonyl (C=O) groups is 1. The molecule has 0 unspecified atom stereocenters. The summed E-state index contributed by atoms with van der Waals surface area (Å²) in [5.41, 5.74) is 2.30. The van der Waals surface area contributed by atoms with Crippen LogP contribution >= 0.6 is 23.5 Å². The zero-order valence-electron chi connectivity index (χ0n) is 18.6. The number of benzene rings is 2. The highest BCUT2D eigenvalue weighted by Gasteiger charge is 2.18. The Balaban J connectivity index is 1.31. The Morgan fingerprint density at radius 2 is 1.92 bits per heavy atom. The normalized spacial score (nSPS) is 12.2. The maximum Gasteiger partial charge on any atom is 0.288 e. The summed E-state index contributed by atoms with van der Waals surface area (Å²) in [5.74, 6) is -0.705. The minimum Gasteiger partial charge on any atom is -0.454 e. The molecule has 0 aliphatic carbocycles. The van der Waals surface area contributed by atoms with Gasteiger partial charge in [-0.05, 0) is 54.1 Å². The van der Waals surface area contributed by atoms with Gasteiger partial charge in [0.15, 0.2) is 22.5 Å². The first kappa shape index (κ1) is 24.1. The van der Waals surface area contributed by atoms with Crippen molar-refractivity contribution in [1.29, 1.82) is 0 Å². The molecule has 8 nitrogen and oxygen atoms in total. The van der Waals surface area contributed by atoms with Crippen molar-refractivity contribution in [1.82, 2.24) is 25.1 Å². The van der Waals surface area contributed by atoms with Crippen molar-refractivity contribution in [3.05, 3.63) is 72.6 Å². The standard InChI is InChI=1S/C24H19F2N5O3S2/c25-23(26)36-18-6-4-17(5-7-18)31-22(16-2-1-9-27-12-16)29-30-24(31)35-13-21(32)28-11-15-3-8-19-20(10-15)34-14-33-19/h1-10,12,23H,11,13-14H2,(H,28,32). The van der Waals surface area contributed by atoms with E-state index in [2.05, 4.69) is 20.5 Å². The van der Waals surface area contributed by atoms with E-state index in [4.69, 9.17) is 9.47 Å². The number of aromatic nitrogens is 4. The summed E-state index contributed by atoms with van der Waals surface area (Å²) in [7, 11) is 0. The zero-order chi connectivity index (χ0) is 24.9. The van der Waals surface area contributed by atoms with Gasteiger partial charge in [0.2, 0.25) is 12.7 Å². The van der Waals surface area contributed by atoms with Crippen LogP contribution in [0.4, 0.5) is 8.78 Å². The number of hydrogen-bond donors (Lipinski definition) is 1. The van der Waals surface area contributed by atoms with Crippen molar-refractivity contribution < 1.29 is 23.0 Å². The summed E-state index contributed by atoms with van der Waals surface area (Å²) in [6.45, 7) is 0.532. The third-order valence-electron chi connectivity index (χ3n) is 5.13. The predicted octanol–water partition coefficient (Wildman–Crippen LogP) is 4.78. The lowest BCUT2D eigenvalue weighted by Gasteiger charge is -2.11. The summed E-state index contributed by atoms with van der Waals surface area (Å²) >= 11 is 1.70. The highest BCUT2D eigenvalue weighted by atomic mass is 32.2. The second kappa shape index (κ2) is 11.0. The summed E-state index contributed by atoms with van der Waals surface area (Å²) in [4.78, 5) is 17.2. The Bertz CT molecular complexity index is 1350. The molecule has 2 aromatic carbocycles. The molecule has 0 spiro atoms. The monoisotopic (exact) mass is 527 g/mol. The number of alkyl halides is 2. The molecular formula is C24H19F2N5O3S2. The van der Waals surface area contributed by atoms with E-state index in [0.717, 1.165) is 11.1 Å². The highest BCUT2D eigenvalue weighted by molar-refractivity contribution is 8.00. The number of thioether (sulfide) groups is 2. The second-order valence-corrected chi connectivity index (χ2v) is 9.51. The fourth-order valence-corrected chi connectivity index (χ4v) is 4.77. The average molecular weight is 528 g/mol. The van der Waals surface area contributed by atoms with Gasteiger partial charge >= 0.3 is 0 Å². The van der Waals surface area contributed by atoms with Crippen LogP contribution < -0.4 is 14.8 Å². The molecule has 0 saturated carbocycles. The van der Waals surface area contributed by atoms with Gasteiger partial charge in [-0.1, -0.05) is 29.6 Å². The molecule has 0 fully saturated rings. The average Bonchev–Trinajstić information content (AvgIpc) is 3.53. The van der Waals surface area contributed by atoms with Crippen molar-refractivity contribution >= 4 is 29.4 Å². The molecule has 1 N–H and O–H groups in total. The van der Waals surface area contributed by atoms with Crippen molar-refractivity contribution in [2.75, 3.05) is 12.5 Å². The van der Waals surface area contributed by atoms with Gasteiger partial charge in [-0.3, -0.25) is 14.3 Å². The van der Waals surface area contributed by atoms with Gasteiger partial charge in [-0.25, -0.2) is 0 Å². The number of nitrogens with one attached hydrogen (secondary N) is 1. The molecule has 36 heavy (non-hydrogen) atoms. The molecule has 0 radical (unpaired) electrons. The second-order valence-electron chi connectivity index (χ2n) is 7.51. The molecule has 1 aliphatic rings. The Morgan fingerprint density at radius 3 is 2.69 bits per heavy atom. The van der Waals surface area contributed by atoms with Crippen LogP contribution in [0.5, 0.6) is 11.5 Å². The Hall–Kier alpha value is -3.64. The number of halogens is 2. The Labute approximate surface area is 213 Å². The van der Waals surface area contributed by atoms with Crippen LogP contribution in [0.2, 0.25) is 0 Å². The first-order chi connectivity index (χ1) is 17.6. The van der Waals surface area contributed by atoms with Gasteiger partial charge in [-0.15, -0.1) is 10.2 Å². The van der Waals surface area contributed by atoms with Crippen LogP contribution in [0, 0.1) is 0 Å². The van der Waals surface area contributed by atoms with E-state index in [0.29, 0.717) is 51.4 Å². The Kier molecular flexibility index (Phi) is 7.33. The third-order valence-corrected chi connectivity index (χ3v) is 6.78. The maximum absolute atomic E-state index is 12.7. The van der Waals surface area contributed by atoms with Crippen molar-refractivity contribution in [2.45, 2.75) is 22.4 Å². The molecule has 184 valence electrons. The van der Waals surface area contributed by atoms with Crippen molar-refractivity contribution in [3.8, 4) is 28.6 Å². The lowest BCUT2D eigenvalue weighted by atomic mass is 10.2. The van der Waals surface area contributed by atoms with E-state index in [1.165, 1.54) is 11.8 Å². The minimum atomic E-state index is -2.50. The predicted molar refractivity (Wildman–Crippen MR) is 132 cm³/mol. The summed E-state index contributed by atoms with van der Waals surface area (Å²) in [6, 6.07) is 15.8. The number of carbonyl (C=O) groups excluding carboxylic acids is 1. The summed E-state index contributed by atoms with van der Waals surface area (Å²) in [5, 5.41) is 12.0. The van der Waals surface area contributed by atoms with Crippen LogP contribution in [0.3, 0.4) is 0 Å². The molecular weight excluding hydrogens is 508 g/mol. The number of hydrogen-bond acceptors (Lipinski definition) is 8. The number of pyridine rings is 1. The number of ether oxygens (including phenoxy) is 2. The lowest BCUT2D eigenvalue weighted by Crippen LogP contribution is -2.24. The van der Waals surface area contributed by atoms with E-state index in [1.54, 1.807) is 47.3 Å². The van der Waals surface area contributed by atoms with Crippen LogP contribution in [0.15, 0.2) is 77.0 Å². The zero-order valence-corrected chi connectivity index (χ0v) is 20.3. The topological polar surface area (TPSA) is 91.2 Å². The maximum atomic E-state index is 12.7. The first-order valence-corrected chi connectivity index (χ1v) is 12.6. The molecule has 1 amide bonds. The molecule has 4 aromatic rings. The van der Waals surface area contributed by atoms with Gasteiger partial charge in [0.25, 0.3) is 5.76 Å². The molecule has 3 heterocycles. The first-order valence-electron chi connectivity index (χ1n) is 10.8. The van der Waals surface area contributed by atoms with Gasteiger partial charge in [0.05, 0.1) is 5.75 Å². The largest absolute Gasteiger partial charge is 0.454 e. The van der Waals surface area contributed by atoms with Crippen LogP contribution in [-0.4, -0.2) is 44.0 Å². The Morgan fingerprint density at radius 1 is 1.08 bits per heavy atom. The van der Waals surface area contributed by atoms with Gasteiger partial charge in [0, 0.05) is 35.1 Å². The fourth-order valence-electron chi connectivity index (χ4n) is 3.49. The van der Waals surface area contributed by atoms with Gasteiger partial charge < -0.3 is 14.8 Å². The smallest absolute Gasteiger partial charge is 0.288 e. The van der Waals surface area contributed by atoms with E-state index in [-0.39, 0.29) is 18.5 Å². The van der Waals surface area contributed by atoms with Crippen LogP contribution in [0.25, 0.3) is 17.1 Å². The number of nitrogens with zero attached hydrogens (tertiary/aromatic N) is 4. The van der Waals surface area contributed by atoms with Crippen molar-refractivity contribution in [2.24, 2.45) is 0 Å². The molecule has 2 aromatic heterocycles. The van der Waals surface area contributed by atoms with E-state index in [9.17, 15) is 13.6 Å². The number of rotatable bonds is 9. The SMILES string of the molecule is O=C(CSc1nnc(-c2cccnc2)n1-c1ccc(SC(F)F)cc1)NCc1ccc2c(c1)OCO2. The summed E-state index contributed by atoms with van der Waals surface area (Å²) in [6.07, 6.45) is 3.31. The van der Waals surface area contributed by atoms with Crippen molar-refractivity contribution in [3.63, 3.8) is 0 Å². The number of fused-ring (bicyclic) bond motifs is 1. The molecule has 0 saturated heterocycles. The van der Waals surface area contributed by atoms with Crippen LogP contribution in [-0.2, 0) is 11.3 Å². The van der Waals surface area contributed by atoms with Gasteiger partial charge in [-0.2, -0.15) is 8.78 Å². The molecule has 12 heteroatoms. The lowest BCUT2D eigenvalue weighted by molar-refractivity contribution is -0.118. The third kappa shape index (κ3) is 5.60. The quantitative estimate of drug-likeness (QED) is 0.311. The summed E-state index contributed by atoms with van der Waals surface area (Å²) < 4.78 is 37.9. The molecule has 0 atom stereocenters. The number of amides is 1. The van der Waals surface area contributed by atoms with Gasteiger partial charge in [0.1, 0.15) is 0 Å². The molecule has 1 aliphatic heterocycles. The minimum absolute atomic E-state index is 0.106. The van der Waals surface area contributed by atoms with Crippen LogP contribution in [0.1, 0.15) is 5.56 Å². The van der Waals surface area contributed by atoms with E-state index in [1.807, 2.05) is 24.3 Å². The molecule has 5 rings (SSSR count). The van der Waals surface area contributed by atoms with E-state index >= 15 is 0 Å². The highest BCUT2D eigenvalue weighted by Crippen LogP contribution is 2.33.